The van der Waals surface area contributed by atoms with Crippen LogP contribution in [0, 0.1) is 0 Å². The number of unbranched alkanes of at least 4 members (excludes halogenated alkanes) is 13. The summed E-state index contributed by atoms with van der Waals surface area (Å²) in [6.45, 7) is 9.24. The molecule has 0 aromatic heterocycles. The van der Waals surface area contributed by atoms with Gasteiger partial charge < -0.3 is 9.79 Å². The Morgan fingerprint density at radius 3 is 1.33 bits per heavy atom. The average molecular weight is 419 g/mol. The van der Waals surface area contributed by atoms with Gasteiger partial charge in [0.05, 0.1) is 6.61 Å². The van der Waals surface area contributed by atoms with E-state index in [-0.39, 0.29) is 6.61 Å². The third-order valence-electron chi connectivity index (χ3n) is 3.73. The molecule has 0 radical (unpaired) electrons. The molecule has 0 unspecified atom stereocenters. The van der Waals surface area contributed by atoms with E-state index in [1.54, 1.807) is 0 Å². The maximum absolute atomic E-state index is 10.3. The van der Waals surface area contributed by atoms with Gasteiger partial charge in [0, 0.05) is 0 Å². The monoisotopic (exact) mass is 418 g/mol. The van der Waals surface area contributed by atoms with Crippen LogP contribution in [0.2, 0.25) is 2.66 Å². The van der Waals surface area contributed by atoms with Crippen LogP contribution in [0.4, 0.5) is 0 Å². The van der Waals surface area contributed by atoms with Crippen molar-refractivity contribution in [3.8, 4) is 0 Å². The van der Waals surface area contributed by atoms with Gasteiger partial charge in [-0.1, -0.05) is 90.4 Å². The van der Waals surface area contributed by atoms with Gasteiger partial charge >= 0.3 is 59.2 Å². The topological polar surface area (TPSA) is 76.0 Å². The van der Waals surface area contributed by atoms with E-state index < -0.39 is 7.82 Å². The third kappa shape index (κ3) is 42.2. The molecule has 7 heteroatoms. The molecule has 0 bridgehead atoms. The standard InChI is InChI=1S/C16H35O5P.C4H9.Na/c1-2-3-4-5-6-7-8-9-10-11-12-13-14-15-16-20-21-22(17,18)19;1-4(2)3;/h2-16H2,1H3,(H2,17,18,19);1-3H3;. The molecule has 160 valence electrons. The Bertz CT molecular complexity index is 336. The second kappa shape index (κ2) is 20.3. The molecule has 0 aromatic rings. The van der Waals surface area contributed by atoms with Crippen molar-refractivity contribution >= 4 is 35.8 Å². The number of hydrogen-bond donors (Lipinski definition) is 2. The fraction of sp³-hybridized carbons (Fsp3) is 1.00. The summed E-state index contributed by atoms with van der Waals surface area (Å²) in [6, 6.07) is 0. The van der Waals surface area contributed by atoms with Crippen molar-refractivity contribution in [2.24, 2.45) is 0 Å². The normalized spacial score (nSPS) is 12.0. The van der Waals surface area contributed by atoms with Crippen molar-refractivity contribution in [3.63, 3.8) is 0 Å². The molecule has 2 N–H and O–H groups in total. The first-order valence-electron chi connectivity index (χ1n) is 10.9. The van der Waals surface area contributed by atoms with Gasteiger partial charge in [0.25, 0.3) is 0 Å². The Morgan fingerprint density at radius 1 is 0.741 bits per heavy atom. The molecule has 0 aromatic carbocycles. The number of phosphoric acid groups is 1. The van der Waals surface area contributed by atoms with Crippen molar-refractivity contribution in [2.45, 2.75) is 120 Å². The van der Waals surface area contributed by atoms with E-state index in [2.05, 4.69) is 37.3 Å². The van der Waals surface area contributed by atoms with Crippen LogP contribution in [0.25, 0.3) is 0 Å². The maximum atomic E-state index is 10.3. The van der Waals surface area contributed by atoms with Gasteiger partial charge in [0.15, 0.2) is 0 Å². The van der Waals surface area contributed by atoms with Crippen LogP contribution in [0.5, 0.6) is 0 Å². The zero-order valence-corrected chi connectivity index (χ0v) is 21.6. The van der Waals surface area contributed by atoms with Gasteiger partial charge in [0.1, 0.15) is 0 Å². The van der Waals surface area contributed by atoms with Crippen LogP contribution in [0.3, 0.4) is 0 Å². The summed E-state index contributed by atoms with van der Waals surface area (Å²) in [7, 11) is -4.48. The summed E-state index contributed by atoms with van der Waals surface area (Å²) >= 11 is 1.31. The molecule has 0 aliphatic heterocycles. The number of hydrogen-bond acceptors (Lipinski definition) is 3. The van der Waals surface area contributed by atoms with Crippen molar-refractivity contribution in [1.29, 1.82) is 0 Å². The van der Waals surface area contributed by atoms with Crippen LogP contribution >= 0.6 is 7.82 Å². The van der Waals surface area contributed by atoms with E-state index in [1.807, 2.05) is 0 Å². The first-order chi connectivity index (χ1) is 12.6. The zero-order valence-electron chi connectivity index (χ0n) is 18.7. The van der Waals surface area contributed by atoms with E-state index in [1.165, 1.54) is 98.6 Å². The van der Waals surface area contributed by atoms with E-state index >= 15 is 0 Å². The Kier molecular flexibility index (Phi) is 22.8. The minimum atomic E-state index is -4.48. The van der Waals surface area contributed by atoms with Gasteiger partial charge in [-0.15, -0.1) is 4.67 Å². The molecule has 0 heterocycles. The zero-order chi connectivity index (χ0) is 21.0. The molecule has 0 saturated heterocycles. The quantitative estimate of drug-likeness (QED) is 0.0885. The van der Waals surface area contributed by atoms with Crippen molar-refractivity contribution in [3.05, 3.63) is 0 Å². The van der Waals surface area contributed by atoms with Crippen LogP contribution in [0.1, 0.15) is 118 Å². The SMILES string of the molecule is CCCCCCCCCCCCCCCCOOP(=O)(O)O.C[C](C)(C)[Na]. The Balaban J connectivity index is 0. The average Bonchev–Trinajstić information content (AvgIpc) is 2.52. The molecule has 0 fully saturated rings. The molecule has 0 amide bonds. The summed E-state index contributed by atoms with van der Waals surface area (Å²) in [4.78, 5) is 21.2. The van der Waals surface area contributed by atoms with E-state index in [0.29, 0.717) is 2.66 Å². The van der Waals surface area contributed by atoms with Gasteiger partial charge in [-0.05, 0) is 6.42 Å². The van der Waals surface area contributed by atoms with E-state index in [0.717, 1.165) is 19.3 Å². The molecule has 0 saturated carbocycles. The first-order valence-corrected chi connectivity index (χ1v) is 13.5. The molecule has 0 aliphatic carbocycles. The van der Waals surface area contributed by atoms with Gasteiger partial charge in [-0.2, -0.15) is 0 Å². The summed E-state index contributed by atoms with van der Waals surface area (Å²) in [6.07, 6.45) is 17.8. The molecule has 27 heavy (non-hydrogen) atoms. The Morgan fingerprint density at radius 2 is 1.04 bits per heavy atom. The molecule has 0 spiro atoms. The molecule has 0 aliphatic rings. The van der Waals surface area contributed by atoms with Crippen molar-refractivity contribution in [1.82, 2.24) is 0 Å². The summed E-state index contributed by atoms with van der Waals surface area (Å²) in [5.74, 6) is 0. The second-order valence-corrected chi connectivity index (χ2v) is 13.1. The third-order valence-corrected chi connectivity index (χ3v) is 4.03. The van der Waals surface area contributed by atoms with Gasteiger partial charge in [0.2, 0.25) is 0 Å². The Hall–Kier alpha value is 1.07. The molecule has 5 nitrogen and oxygen atoms in total. The van der Waals surface area contributed by atoms with Gasteiger partial charge in [-0.25, -0.2) is 9.45 Å². The fourth-order valence-electron chi connectivity index (χ4n) is 2.46. The minimum absolute atomic E-state index is 0.239. The van der Waals surface area contributed by atoms with Crippen LogP contribution < -0.4 is 0 Å². The summed E-state index contributed by atoms with van der Waals surface area (Å²) in [5, 5.41) is 0. The van der Waals surface area contributed by atoms with Crippen LogP contribution in [-0.4, -0.2) is 44.3 Å². The Labute approximate surface area is 186 Å². The second-order valence-electron chi connectivity index (χ2n) is 8.98. The van der Waals surface area contributed by atoms with Crippen molar-refractivity contribution < 1.29 is 23.9 Å². The first kappa shape index (κ1) is 30.3. The molecular formula is C20H44NaO5P. The van der Waals surface area contributed by atoms with Crippen molar-refractivity contribution in [2.75, 3.05) is 6.61 Å². The molecular weight excluding hydrogens is 374 g/mol. The molecule has 0 rings (SSSR count). The van der Waals surface area contributed by atoms with E-state index in [9.17, 15) is 4.57 Å². The predicted octanol–water partition coefficient (Wildman–Crippen LogP) is 6.88. The fourth-order valence-corrected chi connectivity index (χ4v) is 2.67. The van der Waals surface area contributed by atoms with Crippen LogP contribution in [-0.2, 0) is 14.1 Å². The van der Waals surface area contributed by atoms with Crippen LogP contribution in [0.15, 0.2) is 0 Å². The summed E-state index contributed by atoms with van der Waals surface area (Å²) in [5.41, 5.74) is 0. The predicted molar refractivity (Wildman–Crippen MR) is 115 cm³/mol. The van der Waals surface area contributed by atoms with E-state index in [4.69, 9.17) is 9.79 Å². The number of rotatable bonds is 17. The molecule has 0 atom stereocenters. The van der Waals surface area contributed by atoms with Gasteiger partial charge in [-0.3, -0.25) is 0 Å². The summed E-state index contributed by atoms with van der Waals surface area (Å²) < 4.78 is 14.9.